The number of aliphatic hydroxyl groups excluding tert-OH is 1. The number of nitrogens with zero attached hydrogens (tertiary/aromatic N) is 1. The maximum atomic E-state index is 12.2. The fraction of sp³-hybridized carbons (Fsp3) is 0.273. The van der Waals surface area contributed by atoms with Crippen LogP contribution in [0.3, 0.4) is 0 Å². The van der Waals surface area contributed by atoms with E-state index in [4.69, 9.17) is 21.1 Å². The molecule has 0 radical (unpaired) electrons. The fourth-order valence-electron chi connectivity index (χ4n) is 1.48. The Morgan fingerprint density at radius 2 is 2.11 bits per heavy atom. The summed E-state index contributed by atoms with van der Waals surface area (Å²) in [6.45, 7) is -0.116. The lowest BCUT2D eigenvalue weighted by Gasteiger charge is -2.14. The van der Waals surface area contributed by atoms with Crippen LogP contribution < -0.4 is 0 Å². The van der Waals surface area contributed by atoms with E-state index in [0.717, 1.165) is 4.88 Å². The standard InChI is InChI=1S/C11H12ClNO4S2/c1-13(6-9-3-4-10(12)18-9)19(15,16)11-5-2-8(7-14)17-11/h2-5,14H,6-7H2,1H3. The summed E-state index contributed by atoms with van der Waals surface area (Å²) in [7, 11) is -2.24. The van der Waals surface area contributed by atoms with Crippen molar-refractivity contribution in [3.8, 4) is 0 Å². The number of sulfonamides is 1. The highest BCUT2D eigenvalue weighted by Crippen LogP contribution is 2.25. The van der Waals surface area contributed by atoms with Gasteiger partial charge in [-0.2, -0.15) is 4.31 Å². The minimum absolute atomic E-state index is 0.179. The summed E-state index contributed by atoms with van der Waals surface area (Å²) in [5.41, 5.74) is 0. The van der Waals surface area contributed by atoms with E-state index in [2.05, 4.69) is 0 Å². The van der Waals surface area contributed by atoms with Gasteiger partial charge in [-0.15, -0.1) is 11.3 Å². The van der Waals surface area contributed by atoms with Crippen molar-refractivity contribution in [3.63, 3.8) is 0 Å². The molecule has 0 aromatic carbocycles. The van der Waals surface area contributed by atoms with Crippen molar-refractivity contribution in [2.75, 3.05) is 7.05 Å². The predicted octanol–water partition coefficient (Wildman–Crippen LogP) is 2.31. The molecule has 0 aliphatic heterocycles. The first-order valence-electron chi connectivity index (χ1n) is 5.33. The van der Waals surface area contributed by atoms with Gasteiger partial charge in [0, 0.05) is 18.5 Å². The zero-order chi connectivity index (χ0) is 14.0. The molecule has 0 spiro atoms. The highest BCUT2D eigenvalue weighted by Gasteiger charge is 2.25. The lowest BCUT2D eigenvalue weighted by molar-refractivity contribution is 0.235. The Bertz CT molecular complexity index is 662. The van der Waals surface area contributed by atoms with Crippen molar-refractivity contribution >= 4 is 33.0 Å². The van der Waals surface area contributed by atoms with Crippen molar-refractivity contribution in [2.45, 2.75) is 18.2 Å². The van der Waals surface area contributed by atoms with Gasteiger partial charge in [-0.05, 0) is 24.3 Å². The zero-order valence-corrected chi connectivity index (χ0v) is 12.4. The Hall–Kier alpha value is -0.860. The van der Waals surface area contributed by atoms with Crippen LogP contribution in [-0.2, 0) is 23.2 Å². The molecule has 0 saturated heterocycles. The smallest absolute Gasteiger partial charge is 0.276 e. The van der Waals surface area contributed by atoms with Crippen molar-refractivity contribution in [2.24, 2.45) is 0 Å². The molecule has 2 rings (SSSR count). The number of aliphatic hydroxyl groups is 1. The van der Waals surface area contributed by atoms with Crippen molar-refractivity contribution in [3.05, 3.63) is 39.2 Å². The summed E-state index contributed by atoms with van der Waals surface area (Å²) in [6, 6.07) is 6.26. The molecule has 2 aromatic heterocycles. The topological polar surface area (TPSA) is 70.8 Å². The molecule has 2 heterocycles. The number of thiophene rings is 1. The minimum Gasteiger partial charge on any atom is -0.446 e. The third-order valence-corrected chi connectivity index (χ3v) is 5.36. The predicted molar refractivity (Wildman–Crippen MR) is 72.6 cm³/mol. The molecule has 104 valence electrons. The molecule has 2 aromatic rings. The maximum Gasteiger partial charge on any atom is 0.276 e. The Balaban J connectivity index is 2.19. The molecule has 0 aliphatic carbocycles. The largest absolute Gasteiger partial charge is 0.446 e. The summed E-state index contributed by atoms with van der Waals surface area (Å²) in [5, 5.41) is 8.70. The first-order chi connectivity index (χ1) is 8.93. The molecule has 8 heteroatoms. The number of furan rings is 1. The minimum atomic E-state index is -3.70. The van der Waals surface area contributed by atoms with E-state index >= 15 is 0 Å². The monoisotopic (exact) mass is 321 g/mol. The van der Waals surface area contributed by atoms with Gasteiger partial charge in [0.15, 0.2) is 0 Å². The van der Waals surface area contributed by atoms with E-state index < -0.39 is 10.0 Å². The van der Waals surface area contributed by atoms with E-state index in [9.17, 15) is 8.42 Å². The van der Waals surface area contributed by atoms with E-state index in [0.29, 0.717) is 4.34 Å². The number of rotatable bonds is 5. The number of hydrogen-bond donors (Lipinski definition) is 1. The second kappa shape index (κ2) is 5.64. The van der Waals surface area contributed by atoms with E-state index in [-0.39, 0.29) is 24.0 Å². The van der Waals surface area contributed by atoms with Crippen LogP contribution in [0, 0.1) is 0 Å². The SMILES string of the molecule is CN(Cc1ccc(Cl)s1)S(=O)(=O)c1ccc(CO)o1. The van der Waals surface area contributed by atoms with Crippen molar-refractivity contribution < 1.29 is 17.9 Å². The molecule has 0 unspecified atom stereocenters. The van der Waals surface area contributed by atoms with Crippen molar-refractivity contribution in [1.82, 2.24) is 4.31 Å². The lowest BCUT2D eigenvalue weighted by Crippen LogP contribution is -2.25. The average Bonchev–Trinajstić information content (AvgIpc) is 2.98. The van der Waals surface area contributed by atoms with Gasteiger partial charge in [-0.25, -0.2) is 8.42 Å². The van der Waals surface area contributed by atoms with Crippen LogP contribution in [0.5, 0.6) is 0 Å². The quantitative estimate of drug-likeness (QED) is 0.917. The van der Waals surface area contributed by atoms with Crippen LogP contribution in [-0.4, -0.2) is 24.9 Å². The van der Waals surface area contributed by atoms with Gasteiger partial charge in [0.1, 0.15) is 12.4 Å². The molecule has 0 saturated carbocycles. The summed E-state index contributed by atoms with van der Waals surface area (Å²) < 4.78 is 31.2. The van der Waals surface area contributed by atoms with E-state index in [1.54, 1.807) is 12.1 Å². The molecular weight excluding hydrogens is 310 g/mol. The Kier molecular flexibility index (Phi) is 4.32. The van der Waals surface area contributed by atoms with Gasteiger partial charge in [0.2, 0.25) is 5.09 Å². The summed E-state index contributed by atoms with van der Waals surface area (Å²) in [6.07, 6.45) is 0. The third kappa shape index (κ3) is 3.18. The van der Waals surface area contributed by atoms with E-state index in [1.807, 2.05) is 0 Å². The van der Waals surface area contributed by atoms with Gasteiger partial charge in [-0.1, -0.05) is 11.6 Å². The Labute approximate surface area is 120 Å². The number of hydrogen-bond acceptors (Lipinski definition) is 5. The lowest BCUT2D eigenvalue weighted by atomic mass is 10.5. The first-order valence-corrected chi connectivity index (χ1v) is 7.97. The average molecular weight is 322 g/mol. The van der Waals surface area contributed by atoms with Gasteiger partial charge in [-0.3, -0.25) is 0 Å². The molecule has 19 heavy (non-hydrogen) atoms. The molecule has 1 N–H and O–H groups in total. The van der Waals surface area contributed by atoms with Gasteiger partial charge >= 0.3 is 0 Å². The second-order valence-corrected chi connectivity index (χ2v) is 7.62. The number of halogens is 1. The Morgan fingerprint density at radius 3 is 2.63 bits per heavy atom. The normalized spacial score (nSPS) is 12.2. The zero-order valence-electron chi connectivity index (χ0n) is 10.0. The first kappa shape index (κ1) is 14.5. The molecule has 5 nitrogen and oxygen atoms in total. The summed E-state index contributed by atoms with van der Waals surface area (Å²) >= 11 is 7.13. The highest BCUT2D eigenvalue weighted by atomic mass is 35.5. The van der Waals surface area contributed by atoms with Crippen LogP contribution in [0.4, 0.5) is 0 Å². The second-order valence-electron chi connectivity index (χ2n) is 3.85. The molecular formula is C11H12ClNO4S2. The third-order valence-electron chi connectivity index (χ3n) is 2.46. The van der Waals surface area contributed by atoms with Crippen LogP contribution in [0.2, 0.25) is 4.34 Å². The maximum absolute atomic E-state index is 12.2. The molecule has 0 fully saturated rings. The van der Waals surface area contributed by atoms with E-state index in [1.165, 1.54) is 34.8 Å². The molecule has 0 amide bonds. The molecule has 0 atom stereocenters. The van der Waals surface area contributed by atoms with Gasteiger partial charge < -0.3 is 9.52 Å². The van der Waals surface area contributed by atoms with Crippen LogP contribution >= 0.6 is 22.9 Å². The molecule has 0 bridgehead atoms. The summed E-state index contributed by atoms with van der Waals surface area (Å²) in [4.78, 5) is 0.838. The fourth-order valence-corrected chi connectivity index (χ4v) is 3.77. The summed E-state index contributed by atoms with van der Waals surface area (Å²) in [5.74, 6) is 0.214. The van der Waals surface area contributed by atoms with Crippen LogP contribution in [0.1, 0.15) is 10.6 Å². The van der Waals surface area contributed by atoms with Crippen LogP contribution in [0.15, 0.2) is 33.8 Å². The van der Waals surface area contributed by atoms with Gasteiger partial charge in [0.05, 0.1) is 4.34 Å². The van der Waals surface area contributed by atoms with Crippen LogP contribution in [0.25, 0.3) is 0 Å². The van der Waals surface area contributed by atoms with Crippen molar-refractivity contribution in [1.29, 1.82) is 0 Å². The highest BCUT2D eigenvalue weighted by molar-refractivity contribution is 7.88. The Morgan fingerprint density at radius 1 is 1.37 bits per heavy atom. The molecule has 0 aliphatic rings. The van der Waals surface area contributed by atoms with Gasteiger partial charge in [0.25, 0.3) is 10.0 Å².